The number of cyclic esters (lactones) is 1. The van der Waals surface area contributed by atoms with Gasteiger partial charge in [-0.2, -0.15) is 0 Å². The van der Waals surface area contributed by atoms with E-state index in [1.54, 1.807) is 25.5 Å². The standard InChI is InChI=1S/C35H44N6O5/c1-20-6-9-29-34(3,11-10-30(43)35(29,4)18-42)25(20)17-26(39-21(2)31(44)40-33-36-12-13-37-33)24-16-23(46-32(24)45)14-22-7-8-28-27(15-22)38-19-41(28)5/h7-8,12,14-16,19,21,25-26,29-30,39,42-43H,1,6,9-11,13,17-18H2,2-5H3,(H,37,40,44)/b23-14+/t21?,25?,26?,29?,30-,34-,35+/m1/s1. The van der Waals surface area contributed by atoms with Crippen molar-refractivity contribution in [1.82, 2.24) is 20.2 Å². The number of carbonyl (C=O) groups is 2. The number of nitrogens with one attached hydrogen (secondary N) is 2. The Kier molecular flexibility index (Phi) is 8.60. The van der Waals surface area contributed by atoms with Crippen LogP contribution in [0.15, 0.2) is 64.1 Å². The zero-order valence-electron chi connectivity index (χ0n) is 27.0. The number of benzene rings is 1. The van der Waals surface area contributed by atoms with Crippen molar-refractivity contribution in [2.45, 2.75) is 71.1 Å². The Hall–Kier alpha value is -3.93. The van der Waals surface area contributed by atoms with Gasteiger partial charge in [0.2, 0.25) is 11.9 Å². The predicted octanol–water partition coefficient (Wildman–Crippen LogP) is 3.43. The first-order valence-electron chi connectivity index (χ1n) is 16.1. The van der Waals surface area contributed by atoms with Crippen LogP contribution in [0.1, 0.15) is 58.4 Å². The number of hydrogen-bond donors (Lipinski definition) is 4. The van der Waals surface area contributed by atoms with Gasteiger partial charge in [0.1, 0.15) is 5.76 Å². The summed E-state index contributed by atoms with van der Waals surface area (Å²) in [5, 5.41) is 27.7. The summed E-state index contributed by atoms with van der Waals surface area (Å²) in [5.41, 5.74) is 3.29. The van der Waals surface area contributed by atoms with Gasteiger partial charge >= 0.3 is 5.97 Å². The molecule has 6 rings (SSSR count). The molecule has 244 valence electrons. The second kappa shape index (κ2) is 12.4. The fourth-order valence-corrected chi connectivity index (χ4v) is 8.25. The van der Waals surface area contributed by atoms with Crippen molar-refractivity contribution in [3.63, 3.8) is 0 Å². The van der Waals surface area contributed by atoms with Gasteiger partial charge in [0, 0.05) is 24.7 Å². The molecule has 2 saturated carbocycles. The molecule has 7 atom stereocenters. The zero-order valence-corrected chi connectivity index (χ0v) is 27.0. The largest absolute Gasteiger partial charge is 0.423 e. The number of aliphatic hydroxyl groups is 2. The molecule has 4 aliphatic rings. The molecule has 1 amide bonds. The molecule has 0 bridgehead atoms. The number of nitrogens with zero attached hydrogens (tertiary/aromatic N) is 4. The number of allylic oxidation sites excluding steroid dienone is 2. The summed E-state index contributed by atoms with van der Waals surface area (Å²) < 4.78 is 7.72. The number of fused-ring (bicyclic) bond motifs is 2. The molecule has 0 saturated heterocycles. The Balaban J connectivity index is 1.32. The number of guanidine groups is 1. The second-order valence-electron chi connectivity index (χ2n) is 13.8. The highest BCUT2D eigenvalue weighted by atomic mass is 16.5. The van der Waals surface area contributed by atoms with E-state index >= 15 is 0 Å². The molecule has 11 nitrogen and oxygen atoms in total. The van der Waals surface area contributed by atoms with Gasteiger partial charge < -0.3 is 19.5 Å². The molecule has 2 aliphatic heterocycles. The number of ether oxygens (including phenoxy) is 1. The summed E-state index contributed by atoms with van der Waals surface area (Å²) >= 11 is 0. The molecule has 2 aliphatic carbocycles. The van der Waals surface area contributed by atoms with Crippen LogP contribution in [0.25, 0.3) is 17.1 Å². The van der Waals surface area contributed by atoms with Crippen molar-refractivity contribution >= 4 is 41.2 Å². The number of aliphatic hydroxyl groups excluding tert-OH is 2. The van der Waals surface area contributed by atoms with E-state index < -0.39 is 29.6 Å². The van der Waals surface area contributed by atoms with Crippen molar-refractivity contribution < 1.29 is 24.5 Å². The van der Waals surface area contributed by atoms with Crippen LogP contribution in [-0.4, -0.2) is 75.2 Å². The molecule has 1 aromatic carbocycles. The van der Waals surface area contributed by atoms with Crippen LogP contribution in [0, 0.1) is 22.7 Å². The van der Waals surface area contributed by atoms with E-state index in [1.807, 2.05) is 42.8 Å². The van der Waals surface area contributed by atoms with Crippen molar-refractivity contribution in [3.8, 4) is 0 Å². The Morgan fingerprint density at radius 3 is 2.85 bits per heavy atom. The molecule has 3 heterocycles. The van der Waals surface area contributed by atoms with Crippen LogP contribution in [0.3, 0.4) is 0 Å². The fourth-order valence-electron chi connectivity index (χ4n) is 8.25. The molecule has 1 aromatic heterocycles. The average Bonchev–Trinajstić information content (AvgIpc) is 3.77. The number of imidazole rings is 1. The van der Waals surface area contributed by atoms with Crippen molar-refractivity contribution in [3.05, 3.63) is 59.7 Å². The van der Waals surface area contributed by atoms with E-state index in [2.05, 4.69) is 39.1 Å². The van der Waals surface area contributed by atoms with E-state index in [0.717, 1.165) is 41.4 Å². The topological polar surface area (TPSA) is 150 Å². The van der Waals surface area contributed by atoms with E-state index in [9.17, 15) is 19.8 Å². The van der Waals surface area contributed by atoms with Crippen molar-refractivity contribution in [2.75, 3.05) is 13.2 Å². The minimum absolute atomic E-state index is 0.0329. The number of amides is 1. The predicted molar refractivity (Wildman–Crippen MR) is 177 cm³/mol. The van der Waals surface area contributed by atoms with E-state index in [4.69, 9.17) is 4.74 Å². The molecule has 11 heteroatoms. The number of aromatic nitrogens is 2. The Morgan fingerprint density at radius 1 is 1.30 bits per heavy atom. The first-order valence-corrected chi connectivity index (χ1v) is 16.1. The van der Waals surface area contributed by atoms with Gasteiger partial charge in [-0.3, -0.25) is 15.4 Å². The number of aryl methyl sites for hydroxylation is 1. The summed E-state index contributed by atoms with van der Waals surface area (Å²) in [7, 11) is 1.94. The molecule has 0 radical (unpaired) electrons. The van der Waals surface area contributed by atoms with Gasteiger partial charge in [0.25, 0.3) is 0 Å². The van der Waals surface area contributed by atoms with Crippen LogP contribution in [0.4, 0.5) is 0 Å². The molecular formula is C35H44N6O5. The van der Waals surface area contributed by atoms with Gasteiger partial charge in [-0.25, -0.2) is 19.8 Å². The maximum atomic E-state index is 13.5. The molecule has 0 spiro atoms. The highest BCUT2D eigenvalue weighted by Crippen LogP contribution is 2.62. The molecule has 4 unspecified atom stereocenters. The number of esters is 1. The van der Waals surface area contributed by atoms with Gasteiger partial charge in [-0.15, -0.1) is 0 Å². The lowest BCUT2D eigenvalue weighted by Crippen LogP contribution is -2.58. The first kappa shape index (κ1) is 32.0. The molecule has 4 N–H and O–H groups in total. The second-order valence-corrected chi connectivity index (χ2v) is 13.8. The highest BCUT2D eigenvalue weighted by Gasteiger charge is 2.58. The Bertz CT molecular complexity index is 1690. The summed E-state index contributed by atoms with van der Waals surface area (Å²) in [6.45, 7) is 10.8. The third-order valence-corrected chi connectivity index (χ3v) is 11.0. The number of carbonyl (C=O) groups excluding carboxylic acids is 2. The number of rotatable bonds is 8. The lowest BCUT2D eigenvalue weighted by molar-refractivity contribution is -0.153. The van der Waals surface area contributed by atoms with Crippen LogP contribution >= 0.6 is 0 Å². The minimum atomic E-state index is -0.687. The zero-order chi connectivity index (χ0) is 32.8. The quantitative estimate of drug-likeness (QED) is 0.258. The monoisotopic (exact) mass is 628 g/mol. The van der Waals surface area contributed by atoms with Gasteiger partial charge in [-0.1, -0.05) is 32.1 Å². The normalized spacial score (nSPS) is 31.4. The summed E-state index contributed by atoms with van der Waals surface area (Å²) in [5.74, 6) is -0.0736. The van der Waals surface area contributed by atoms with Crippen molar-refractivity contribution in [2.24, 2.45) is 39.7 Å². The highest BCUT2D eigenvalue weighted by molar-refractivity contribution is 6.04. The third kappa shape index (κ3) is 5.76. The van der Waals surface area contributed by atoms with E-state index in [1.165, 1.54) is 0 Å². The minimum Gasteiger partial charge on any atom is -0.423 e. The Morgan fingerprint density at radius 2 is 2.11 bits per heavy atom. The summed E-state index contributed by atoms with van der Waals surface area (Å²) in [4.78, 5) is 39.4. The van der Waals surface area contributed by atoms with Crippen LogP contribution in [0.5, 0.6) is 0 Å². The van der Waals surface area contributed by atoms with Crippen LogP contribution < -0.4 is 10.6 Å². The summed E-state index contributed by atoms with van der Waals surface area (Å²) in [6.07, 6.45) is 9.80. The fraction of sp³-hybridized carbons (Fsp3) is 0.514. The Labute approximate surface area is 269 Å². The van der Waals surface area contributed by atoms with Crippen LogP contribution in [0.2, 0.25) is 0 Å². The number of aliphatic imine (C=N–C) groups is 2. The lowest BCUT2D eigenvalue weighted by Gasteiger charge is -2.60. The third-order valence-electron chi connectivity index (χ3n) is 11.0. The number of hydrogen-bond acceptors (Lipinski definition) is 9. The summed E-state index contributed by atoms with van der Waals surface area (Å²) in [6, 6.07) is 4.65. The maximum absolute atomic E-state index is 13.5. The van der Waals surface area contributed by atoms with Crippen molar-refractivity contribution in [1.29, 1.82) is 0 Å². The lowest BCUT2D eigenvalue weighted by atomic mass is 9.46. The molecule has 2 fully saturated rings. The SMILES string of the molecule is C=C1CCC2[C@](C)(CC[C@@H](O)[C@@]2(C)CO)C1CC(NC(C)C(=O)NC1=NCC=N1)C1=C/C(=C\c2ccc3c(c2)ncn3C)OC1=O. The van der Waals surface area contributed by atoms with E-state index in [-0.39, 0.29) is 35.7 Å². The molecular weight excluding hydrogens is 584 g/mol. The van der Waals surface area contributed by atoms with Gasteiger partial charge in [0.05, 0.1) is 48.2 Å². The molecule has 46 heavy (non-hydrogen) atoms. The van der Waals surface area contributed by atoms with E-state index in [0.29, 0.717) is 30.7 Å². The average molecular weight is 629 g/mol. The smallest absolute Gasteiger partial charge is 0.341 e. The van der Waals surface area contributed by atoms with Gasteiger partial charge in [-0.05, 0) is 86.1 Å². The first-order chi connectivity index (χ1) is 21.9. The van der Waals surface area contributed by atoms with Gasteiger partial charge in [0.15, 0.2) is 0 Å². The molecule has 2 aromatic rings. The van der Waals surface area contributed by atoms with Crippen LogP contribution in [-0.2, 0) is 21.4 Å². The maximum Gasteiger partial charge on any atom is 0.341 e.